The van der Waals surface area contributed by atoms with Crippen molar-refractivity contribution < 1.29 is 18.0 Å². The van der Waals surface area contributed by atoms with Gasteiger partial charge in [-0.3, -0.25) is 4.79 Å². The lowest BCUT2D eigenvalue weighted by molar-refractivity contribution is -0.189. The average molecular weight is 264 g/mol. The molecule has 0 bridgehead atoms. The molecular weight excluding hydrogens is 245 g/mol. The van der Waals surface area contributed by atoms with E-state index in [2.05, 4.69) is 10.6 Å². The van der Waals surface area contributed by atoms with Crippen LogP contribution in [0.4, 0.5) is 13.2 Å². The fraction of sp³-hybridized carbons (Fsp3) is 0.917. The van der Waals surface area contributed by atoms with Crippen LogP contribution in [0.2, 0.25) is 0 Å². The van der Waals surface area contributed by atoms with Crippen LogP contribution >= 0.6 is 0 Å². The molecule has 2 aliphatic rings. The van der Waals surface area contributed by atoms with Crippen molar-refractivity contribution >= 4 is 5.91 Å². The standard InChI is InChI=1S/C12H19F3N2O/c13-12(14,15)9-3-1-2-4-10(9)17-8-5-6-11(18)16-7-8/h8-10,17H,1-7H2,(H,16,18). The Kier molecular flexibility index (Phi) is 4.14. The van der Waals surface area contributed by atoms with Crippen molar-refractivity contribution in [2.75, 3.05) is 6.54 Å². The van der Waals surface area contributed by atoms with Crippen molar-refractivity contribution in [3.63, 3.8) is 0 Å². The van der Waals surface area contributed by atoms with Crippen LogP contribution < -0.4 is 10.6 Å². The highest BCUT2D eigenvalue weighted by Crippen LogP contribution is 2.38. The van der Waals surface area contributed by atoms with Crippen LogP contribution in [0.5, 0.6) is 0 Å². The molecule has 1 aliphatic heterocycles. The monoisotopic (exact) mass is 264 g/mol. The molecule has 2 fully saturated rings. The summed E-state index contributed by atoms with van der Waals surface area (Å²) in [5, 5.41) is 5.79. The van der Waals surface area contributed by atoms with E-state index < -0.39 is 18.1 Å². The predicted molar refractivity (Wildman–Crippen MR) is 61.0 cm³/mol. The zero-order valence-electron chi connectivity index (χ0n) is 10.2. The lowest BCUT2D eigenvalue weighted by atomic mass is 9.83. The number of rotatable bonds is 2. The number of halogens is 3. The average Bonchev–Trinajstić information content (AvgIpc) is 2.31. The van der Waals surface area contributed by atoms with Crippen molar-refractivity contribution in [3.8, 4) is 0 Å². The summed E-state index contributed by atoms with van der Waals surface area (Å²) in [5.41, 5.74) is 0. The Morgan fingerprint density at radius 2 is 1.89 bits per heavy atom. The summed E-state index contributed by atoms with van der Waals surface area (Å²) < 4.78 is 38.7. The molecule has 2 rings (SSSR count). The summed E-state index contributed by atoms with van der Waals surface area (Å²) in [5.74, 6) is -1.24. The van der Waals surface area contributed by atoms with Crippen molar-refractivity contribution in [3.05, 3.63) is 0 Å². The third kappa shape index (κ3) is 3.37. The fourth-order valence-corrected chi connectivity index (χ4v) is 2.90. The van der Waals surface area contributed by atoms with Gasteiger partial charge in [0.25, 0.3) is 0 Å². The van der Waals surface area contributed by atoms with E-state index in [1.54, 1.807) is 0 Å². The van der Waals surface area contributed by atoms with Gasteiger partial charge in [0.05, 0.1) is 5.92 Å². The summed E-state index contributed by atoms with van der Waals surface area (Å²) in [6.45, 7) is 0.444. The second-order valence-corrected chi connectivity index (χ2v) is 5.25. The molecule has 104 valence electrons. The van der Waals surface area contributed by atoms with Gasteiger partial charge in [0.1, 0.15) is 0 Å². The molecule has 18 heavy (non-hydrogen) atoms. The molecule has 0 radical (unpaired) electrons. The fourth-order valence-electron chi connectivity index (χ4n) is 2.90. The van der Waals surface area contributed by atoms with E-state index in [1.807, 2.05) is 0 Å². The van der Waals surface area contributed by atoms with Crippen LogP contribution in [-0.2, 0) is 4.79 Å². The molecule has 0 aromatic rings. The smallest absolute Gasteiger partial charge is 0.355 e. The molecule has 1 heterocycles. The summed E-state index contributed by atoms with van der Waals surface area (Å²) in [6, 6.07) is -0.505. The van der Waals surface area contributed by atoms with Gasteiger partial charge < -0.3 is 10.6 Å². The van der Waals surface area contributed by atoms with Crippen LogP contribution in [0.25, 0.3) is 0 Å². The van der Waals surface area contributed by atoms with Crippen LogP contribution in [-0.4, -0.2) is 30.7 Å². The van der Waals surface area contributed by atoms with Crippen LogP contribution in [0.3, 0.4) is 0 Å². The largest absolute Gasteiger partial charge is 0.393 e. The summed E-state index contributed by atoms with van der Waals surface area (Å²) in [7, 11) is 0. The van der Waals surface area contributed by atoms with E-state index in [4.69, 9.17) is 0 Å². The Balaban J connectivity index is 1.91. The highest BCUT2D eigenvalue weighted by molar-refractivity contribution is 5.76. The Bertz CT molecular complexity index is 296. The van der Waals surface area contributed by atoms with Gasteiger partial charge in [-0.15, -0.1) is 0 Å². The number of piperidine rings is 1. The first-order chi connectivity index (χ1) is 8.47. The van der Waals surface area contributed by atoms with Crippen molar-refractivity contribution in [2.24, 2.45) is 5.92 Å². The van der Waals surface area contributed by atoms with Gasteiger partial charge in [-0.05, 0) is 19.3 Å². The number of nitrogens with one attached hydrogen (secondary N) is 2. The van der Waals surface area contributed by atoms with Gasteiger partial charge in [0, 0.05) is 25.0 Å². The van der Waals surface area contributed by atoms with E-state index in [1.165, 1.54) is 0 Å². The molecule has 0 aromatic carbocycles. The molecule has 3 atom stereocenters. The zero-order valence-corrected chi connectivity index (χ0v) is 10.2. The third-order valence-corrected chi connectivity index (χ3v) is 3.90. The second-order valence-electron chi connectivity index (χ2n) is 5.25. The molecule has 0 spiro atoms. The molecule has 1 amide bonds. The van der Waals surface area contributed by atoms with E-state index >= 15 is 0 Å². The van der Waals surface area contributed by atoms with Crippen LogP contribution in [0.15, 0.2) is 0 Å². The molecule has 3 unspecified atom stereocenters. The van der Waals surface area contributed by atoms with E-state index in [-0.39, 0.29) is 18.4 Å². The first kappa shape index (κ1) is 13.6. The molecule has 1 saturated heterocycles. The molecular formula is C12H19F3N2O. The van der Waals surface area contributed by atoms with Crippen LogP contribution in [0.1, 0.15) is 38.5 Å². The first-order valence-corrected chi connectivity index (χ1v) is 6.56. The normalized spacial score (nSPS) is 34.2. The SMILES string of the molecule is O=C1CCC(NC2CCCCC2C(F)(F)F)CN1. The number of alkyl halides is 3. The lowest BCUT2D eigenvalue weighted by Gasteiger charge is -2.37. The highest BCUT2D eigenvalue weighted by atomic mass is 19.4. The maximum Gasteiger partial charge on any atom is 0.393 e. The highest BCUT2D eigenvalue weighted by Gasteiger charge is 2.45. The number of hydrogen-bond donors (Lipinski definition) is 2. The maximum absolute atomic E-state index is 12.9. The molecule has 6 heteroatoms. The number of amides is 1. The first-order valence-electron chi connectivity index (χ1n) is 6.56. The van der Waals surface area contributed by atoms with Gasteiger partial charge in [0.15, 0.2) is 0 Å². The van der Waals surface area contributed by atoms with E-state index in [0.717, 1.165) is 6.42 Å². The topological polar surface area (TPSA) is 41.1 Å². The Morgan fingerprint density at radius 3 is 2.50 bits per heavy atom. The Hall–Kier alpha value is -0.780. The zero-order chi connectivity index (χ0) is 13.2. The molecule has 1 saturated carbocycles. The molecule has 3 nitrogen and oxygen atoms in total. The molecule has 2 N–H and O–H groups in total. The second kappa shape index (κ2) is 5.47. The minimum atomic E-state index is -4.12. The number of hydrogen-bond acceptors (Lipinski definition) is 2. The van der Waals surface area contributed by atoms with Crippen molar-refractivity contribution in [1.29, 1.82) is 0 Å². The number of carbonyl (C=O) groups is 1. The number of carbonyl (C=O) groups excluding carboxylic acids is 1. The van der Waals surface area contributed by atoms with Gasteiger partial charge in [0.2, 0.25) is 5.91 Å². The lowest BCUT2D eigenvalue weighted by Crippen LogP contribution is -2.54. The van der Waals surface area contributed by atoms with Crippen LogP contribution in [0, 0.1) is 5.92 Å². The van der Waals surface area contributed by atoms with Gasteiger partial charge >= 0.3 is 6.18 Å². The van der Waals surface area contributed by atoms with E-state index in [0.29, 0.717) is 32.2 Å². The molecule has 0 aromatic heterocycles. The summed E-state index contributed by atoms with van der Waals surface area (Å²) in [4.78, 5) is 11.0. The minimum Gasteiger partial charge on any atom is -0.355 e. The molecule has 1 aliphatic carbocycles. The quantitative estimate of drug-likeness (QED) is 0.800. The van der Waals surface area contributed by atoms with Gasteiger partial charge in [-0.25, -0.2) is 0 Å². The third-order valence-electron chi connectivity index (χ3n) is 3.90. The van der Waals surface area contributed by atoms with Gasteiger partial charge in [-0.2, -0.15) is 13.2 Å². The maximum atomic E-state index is 12.9. The summed E-state index contributed by atoms with van der Waals surface area (Å²) >= 11 is 0. The van der Waals surface area contributed by atoms with Crippen molar-refractivity contribution in [2.45, 2.75) is 56.8 Å². The summed E-state index contributed by atoms with van der Waals surface area (Å²) in [6.07, 6.45) is -0.772. The Morgan fingerprint density at radius 1 is 1.17 bits per heavy atom. The predicted octanol–water partition coefficient (Wildman–Crippen LogP) is 1.98. The van der Waals surface area contributed by atoms with Crippen molar-refractivity contribution in [1.82, 2.24) is 10.6 Å². The Labute approximate surface area is 104 Å². The minimum absolute atomic E-state index is 0.0101. The van der Waals surface area contributed by atoms with E-state index in [9.17, 15) is 18.0 Å². The van der Waals surface area contributed by atoms with Gasteiger partial charge in [-0.1, -0.05) is 12.8 Å².